The van der Waals surface area contributed by atoms with Crippen LogP contribution in [0, 0.1) is 0 Å². The summed E-state index contributed by atoms with van der Waals surface area (Å²) in [6, 6.07) is 9.42. The third kappa shape index (κ3) is 4.18. The number of anilines is 2. The maximum absolute atomic E-state index is 13.2. The van der Waals surface area contributed by atoms with E-state index in [0.717, 1.165) is 51.3 Å². The Balaban J connectivity index is 1.65. The highest BCUT2D eigenvalue weighted by atomic mass is 32.2. The SMILES string of the molecule is CC1C(=O)N(c2ccc(S(=O)(=O)C(F)(F)F)cc2)C(=O)N1Cc1ccnc2ccc(N(C)C)cc12. The van der Waals surface area contributed by atoms with Crippen LogP contribution in [0.4, 0.5) is 29.3 Å². The van der Waals surface area contributed by atoms with Gasteiger partial charge in [-0.25, -0.2) is 18.1 Å². The molecule has 2 heterocycles. The molecule has 184 valence electrons. The number of hydrogen-bond acceptors (Lipinski definition) is 6. The second-order valence-corrected chi connectivity index (χ2v) is 10.2. The first-order valence-corrected chi connectivity index (χ1v) is 11.9. The van der Waals surface area contributed by atoms with Crippen molar-refractivity contribution in [3.05, 3.63) is 60.3 Å². The van der Waals surface area contributed by atoms with Crippen molar-refractivity contribution in [2.75, 3.05) is 23.9 Å². The standard InChI is InChI=1S/C23H21F3N4O4S/c1-14-21(31)30(16-4-7-18(8-5-16)35(33,34)23(24,25)26)22(32)29(14)13-15-10-11-27-20-9-6-17(28(2)3)12-19(15)20/h4-12,14H,13H2,1-3H3. The Kier molecular flexibility index (Phi) is 5.95. The average Bonchev–Trinajstić information content (AvgIpc) is 3.01. The molecule has 1 aliphatic heterocycles. The number of rotatable bonds is 5. The number of pyridine rings is 1. The molecule has 0 N–H and O–H groups in total. The molecule has 0 aliphatic carbocycles. The van der Waals surface area contributed by atoms with Crippen LogP contribution in [0.2, 0.25) is 0 Å². The molecule has 1 aromatic heterocycles. The molecule has 3 amide bonds. The normalized spacial score (nSPS) is 16.9. The number of urea groups is 1. The van der Waals surface area contributed by atoms with Crippen LogP contribution in [0.25, 0.3) is 10.9 Å². The molecule has 12 heteroatoms. The van der Waals surface area contributed by atoms with Crippen LogP contribution in [-0.2, 0) is 21.2 Å². The zero-order chi connectivity index (χ0) is 25.7. The monoisotopic (exact) mass is 506 g/mol. The molecular formula is C23H21F3N4O4S. The number of imide groups is 1. The second-order valence-electron chi connectivity index (χ2n) is 8.27. The Morgan fingerprint density at radius 3 is 2.29 bits per heavy atom. The summed E-state index contributed by atoms with van der Waals surface area (Å²) in [5, 5.41) is 0.811. The van der Waals surface area contributed by atoms with Gasteiger partial charge in [-0.15, -0.1) is 0 Å². The first-order valence-electron chi connectivity index (χ1n) is 10.4. The minimum atomic E-state index is -5.54. The average molecular weight is 507 g/mol. The minimum Gasteiger partial charge on any atom is -0.378 e. The zero-order valence-electron chi connectivity index (χ0n) is 18.9. The molecule has 0 radical (unpaired) electrons. The predicted octanol–water partition coefficient (Wildman–Crippen LogP) is 3.95. The van der Waals surface area contributed by atoms with Crippen molar-refractivity contribution in [2.24, 2.45) is 0 Å². The number of aromatic nitrogens is 1. The summed E-state index contributed by atoms with van der Waals surface area (Å²) in [6.45, 7) is 1.65. The number of sulfone groups is 1. The predicted molar refractivity (Wildman–Crippen MR) is 124 cm³/mol. The molecule has 1 saturated heterocycles. The number of amides is 3. The molecule has 8 nitrogen and oxygen atoms in total. The first kappa shape index (κ1) is 24.5. The Labute approximate surface area is 199 Å². The largest absolute Gasteiger partial charge is 0.501 e. The maximum atomic E-state index is 13.2. The third-order valence-electron chi connectivity index (χ3n) is 5.86. The molecule has 0 spiro atoms. The molecule has 4 rings (SSSR count). The van der Waals surface area contributed by atoms with E-state index in [1.54, 1.807) is 19.2 Å². The van der Waals surface area contributed by atoms with Gasteiger partial charge in [0.05, 0.1) is 16.1 Å². The van der Waals surface area contributed by atoms with E-state index in [2.05, 4.69) is 4.98 Å². The number of carbonyl (C=O) groups is 2. The molecule has 1 atom stereocenters. The summed E-state index contributed by atoms with van der Waals surface area (Å²) in [4.78, 5) is 33.6. The summed E-state index contributed by atoms with van der Waals surface area (Å²) >= 11 is 0. The first-order chi connectivity index (χ1) is 16.3. The smallest absolute Gasteiger partial charge is 0.378 e. The number of benzene rings is 2. The lowest BCUT2D eigenvalue weighted by atomic mass is 10.1. The van der Waals surface area contributed by atoms with Crippen LogP contribution in [0.5, 0.6) is 0 Å². The van der Waals surface area contributed by atoms with Crippen molar-refractivity contribution in [3.8, 4) is 0 Å². The van der Waals surface area contributed by atoms with Crippen LogP contribution in [0.3, 0.4) is 0 Å². The van der Waals surface area contributed by atoms with Crippen molar-refractivity contribution in [3.63, 3.8) is 0 Å². The Bertz CT molecular complexity index is 1420. The van der Waals surface area contributed by atoms with Crippen LogP contribution in [0.1, 0.15) is 12.5 Å². The number of nitrogens with zero attached hydrogens (tertiary/aromatic N) is 4. The summed E-state index contributed by atoms with van der Waals surface area (Å²) < 4.78 is 61.7. The van der Waals surface area contributed by atoms with E-state index < -0.39 is 38.2 Å². The van der Waals surface area contributed by atoms with Crippen molar-refractivity contribution >= 4 is 44.1 Å². The summed E-state index contributed by atoms with van der Waals surface area (Å²) in [5.74, 6) is -0.575. The highest BCUT2D eigenvalue weighted by Crippen LogP contribution is 2.33. The lowest BCUT2D eigenvalue weighted by molar-refractivity contribution is -0.119. The van der Waals surface area contributed by atoms with E-state index in [-0.39, 0.29) is 12.2 Å². The summed E-state index contributed by atoms with van der Waals surface area (Å²) in [7, 11) is -1.76. The molecule has 3 aromatic rings. The van der Waals surface area contributed by atoms with Gasteiger partial charge in [-0.2, -0.15) is 13.2 Å². The fraction of sp³-hybridized carbons (Fsp3) is 0.261. The van der Waals surface area contributed by atoms with Gasteiger partial charge < -0.3 is 9.80 Å². The molecular weight excluding hydrogens is 485 g/mol. The van der Waals surface area contributed by atoms with Crippen molar-refractivity contribution in [2.45, 2.75) is 29.9 Å². The van der Waals surface area contributed by atoms with Gasteiger partial charge in [-0.3, -0.25) is 9.78 Å². The van der Waals surface area contributed by atoms with E-state index in [0.29, 0.717) is 0 Å². The lowest BCUT2D eigenvalue weighted by Gasteiger charge is -2.21. The van der Waals surface area contributed by atoms with Crippen LogP contribution < -0.4 is 9.80 Å². The Morgan fingerprint density at radius 2 is 1.69 bits per heavy atom. The summed E-state index contributed by atoms with van der Waals surface area (Å²) in [6.07, 6.45) is 1.61. The molecule has 2 aromatic carbocycles. The fourth-order valence-electron chi connectivity index (χ4n) is 3.85. The Hall–Kier alpha value is -3.67. The van der Waals surface area contributed by atoms with E-state index in [4.69, 9.17) is 0 Å². The molecule has 0 saturated carbocycles. The van der Waals surface area contributed by atoms with Gasteiger partial charge in [-0.1, -0.05) is 0 Å². The van der Waals surface area contributed by atoms with Crippen molar-refractivity contribution in [1.82, 2.24) is 9.88 Å². The minimum absolute atomic E-state index is 0.0232. The van der Waals surface area contributed by atoms with E-state index >= 15 is 0 Å². The van der Waals surface area contributed by atoms with Crippen LogP contribution in [0.15, 0.2) is 59.6 Å². The van der Waals surface area contributed by atoms with Gasteiger partial charge in [0.1, 0.15) is 6.04 Å². The quantitative estimate of drug-likeness (QED) is 0.487. The van der Waals surface area contributed by atoms with E-state index in [9.17, 15) is 31.2 Å². The van der Waals surface area contributed by atoms with Gasteiger partial charge in [0, 0.05) is 37.9 Å². The highest BCUT2D eigenvalue weighted by Gasteiger charge is 2.47. The number of carbonyl (C=O) groups excluding carboxylic acids is 2. The topological polar surface area (TPSA) is 90.9 Å². The van der Waals surface area contributed by atoms with Gasteiger partial charge >= 0.3 is 11.5 Å². The molecule has 0 bridgehead atoms. The number of fused-ring (bicyclic) bond motifs is 1. The van der Waals surface area contributed by atoms with Crippen LogP contribution >= 0.6 is 0 Å². The van der Waals surface area contributed by atoms with Crippen molar-refractivity contribution in [1.29, 1.82) is 0 Å². The third-order valence-corrected chi connectivity index (χ3v) is 7.37. The van der Waals surface area contributed by atoms with E-state index in [1.807, 2.05) is 37.2 Å². The molecule has 1 aliphatic rings. The van der Waals surface area contributed by atoms with Gasteiger partial charge in [0.15, 0.2) is 0 Å². The molecule has 1 fully saturated rings. The summed E-state index contributed by atoms with van der Waals surface area (Å²) in [5.41, 5.74) is -3.07. The zero-order valence-corrected chi connectivity index (χ0v) is 19.8. The maximum Gasteiger partial charge on any atom is 0.501 e. The number of alkyl halides is 3. The number of hydrogen-bond donors (Lipinski definition) is 0. The van der Waals surface area contributed by atoms with Gasteiger partial charge in [0.2, 0.25) is 0 Å². The van der Waals surface area contributed by atoms with E-state index in [1.165, 1.54) is 4.90 Å². The highest BCUT2D eigenvalue weighted by molar-refractivity contribution is 7.92. The van der Waals surface area contributed by atoms with Gasteiger partial charge in [-0.05, 0) is 61.0 Å². The Morgan fingerprint density at radius 1 is 1.03 bits per heavy atom. The fourth-order valence-corrected chi connectivity index (χ4v) is 4.61. The van der Waals surface area contributed by atoms with Gasteiger partial charge in [0.25, 0.3) is 15.7 Å². The second kappa shape index (κ2) is 8.52. The molecule has 1 unspecified atom stereocenters. The number of halogens is 3. The lowest BCUT2D eigenvalue weighted by Crippen LogP contribution is -2.33. The van der Waals surface area contributed by atoms with Crippen LogP contribution in [-0.4, -0.2) is 55.9 Å². The molecule has 35 heavy (non-hydrogen) atoms. The van der Waals surface area contributed by atoms with Crippen molar-refractivity contribution < 1.29 is 31.2 Å².